The zero-order valence-corrected chi connectivity index (χ0v) is 14.9. The number of hydrogen-bond donors (Lipinski definition) is 0. The van der Waals surface area contributed by atoms with E-state index in [0.717, 1.165) is 43.4 Å². The highest BCUT2D eigenvalue weighted by molar-refractivity contribution is 5.93. The molecule has 0 aromatic carbocycles. The molecular formula is C20H24N4O2. The topological polar surface area (TPSA) is 64.2 Å². The summed E-state index contributed by atoms with van der Waals surface area (Å²) in [4.78, 5) is 15.3. The van der Waals surface area contributed by atoms with Gasteiger partial charge in [-0.3, -0.25) is 4.79 Å². The van der Waals surface area contributed by atoms with Crippen LogP contribution in [0.25, 0.3) is 0 Å². The first-order valence-electron chi connectivity index (χ1n) is 10.0. The lowest BCUT2D eigenvalue weighted by atomic mass is 9.80. The summed E-state index contributed by atoms with van der Waals surface area (Å²) in [5, 5.41) is 8.76. The van der Waals surface area contributed by atoms with E-state index in [0.29, 0.717) is 17.9 Å². The Balaban J connectivity index is 1.30. The fraction of sp³-hybridized carbons (Fsp3) is 0.650. The predicted octanol–water partition coefficient (Wildman–Crippen LogP) is 3.28. The van der Waals surface area contributed by atoms with Crippen LogP contribution in [0.15, 0.2) is 22.7 Å². The molecule has 3 saturated carbocycles. The van der Waals surface area contributed by atoms with Crippen LogP contribution in [0.5, 0.6) is 0 Å². The number of hydrogen-bond acceptors (Lipinski definition) is 4. The number of nitrogens with zero attached hydrogens (tertiary/aromatic N) is 4. The van der Waals surface area contributed by atoms with Crippen molar-refractivity contribution in [2.24, 2.45) is 5.92 Å². The molecule has 1 amide bonds. The third-order valence-corrected chi connectivity index (χ3v) is 6.89. The van der Waals surface area contributed by atoms with E-state index in [1.165, 1.54) is 32.1 Å². The molecule has 0 N–H and O–H groups in total. The summed E-state index contributed by atoms with van der Waals surface area (Å²) < 4.78 is 8.29. The summed E-state index contributed by atoms with van der Waals surface area (Å²) in [5.74, 6) is 2.69. The molecule has 4 fully saturated rings. The van der Waals surface area contributed by atoms with Crippen LogP contribution in [0.4, 0.5) is 0 Å². The molecule has 0 bridgehead atoms. The average Bonchev–Trinajstić information content (AvgIpc) is 3.46. The second kappa shape index (κ2) is 5.21. The molecule has 1 saturated heterocycles. The highest BCUT2D eigenvalue weighted by atomic mass is 16.4. The lowest BCUT2D eigenvalue weighted by Crippen LogP contribution is -2.35. The minimum absolute atomic E-state index is 0.118. The lowest BCUT2D eigenvalue weighted by molar-refractivity contribution is 0.0764. The van der Waals surface area contributed by atoms with Gasteiger partial charge in [-0.25, -0.2) is 0 Å². The van der Waals surface area contributed by atoms with Crippen LogP contribution in [-0.4, -0.2) is 38.7 Å². The number of rotatable bonds is 4. The maximum Gasteiger partial charge on any atom is 0.270 e. The monoisotopic (exact) mass is 352 g/mol. The molecule has 2 atom stereocenters. The molecule has 0 radical (unpaired) electrons. The van der Waals surface area contributed by atoms with Gasteiger partial charge in [0.05, 0.1) is 5.41 Å². The van der Waals surface area contributed by atoms with Crippen molar-refractivity contribution >= 4 is 5.91 Å². The van der Waals surface area contributed by atoms with Gasteiger partial charge in [0.2, 0.25) is 11.8 Å². The molecule has 2 aromatic rings. The standard InChI is InChI=1S/C20H24N4O2/c25-18(16-4-2-10-24(16)15-7-8-15)23-11-14-3-1-9-20(14,12-23)19-22-21-17(26-19)13-5-6-13/h2,4,10,13-15H,1,3,5-9,11-12H2/t14-,20-/m0/s1. The van der Waals surface area contributed by atoms with Gasteiger partial charge in [-0.05, 0) is 56.6 Å². The number of likely N-dealkylation sites (tertiary alicyclic amines) is 1. The minimum Gasteiger partial charge on any atom is -0.424 e. The molecule has 6 rings (SSSR count). The van der Waals surface area contributed by atoms with Crippen molar-refractivity contribution in [2.75, 3.05) is 13.1 Å². The summed E-state index contributed by atoms with van der Waals surface area (Å²) in [6.45, 7) is 1.54. The molecule has 3 heterocycles. The van der Waals surface area contributed by atoms with Crippen molar-refractivity contribution in [1.29, 1.82) is 0 Å². The Morgan fingerprint density at radius 2 is 2.08 bits per heavy atom. The Hall–Kier alpha value is -2.11. The quantitative estimate of drug-likeness (QED) is 0.847. The van der Waals surface area contributed by atoms with Crippen LogP contribution >= 0.6 is 0 Å². The van der Waals surface area contributed by atoms with Gasteiger partial charge in [-0.1, -0.05) is 6.42 Å². The molecule has 26 heavy (non-hydrogen) atoms. The summed E-state index contributed by atoms with van der Waals surface area (Å²) >= 11 is 0. The van der Waals surface area contributed by atoms with Gasteiger partial charge in [-0.2, -0.15) is 0 Å². The van der Waals surface area contributed by atoms with Crippen molar-refractivity contribution in [3.63, 3.8) is 0 Å². The van der Waals surface area contributed by atoms with E-state index >= 15 is 0 Å². The average molecular weight is 352 g/mol. The number of aromatic nitrogens is 3. The fourth-order valence-corrected chi connectivity index (χ4v) is 5.13. The summed E-state index contributed by atoms with van der Waals surface area (Å²) in [6.07, 6.45) is 10.2. The van der Waals surface area contributed by atoms with Crippen LogP contribution in [0, 0.1) is 5.92 Å². The van der Waals surface area contributed by atoms with Crippen molar-refractivity contribution in [2.45, 2.75) is 62.3 Å². The normalized spacial score (nSPS) is 30.8. The van der Waals surface area contributed by atoms with E-state index in [1.807, 2.05) is 17.0 Å². The molecule has 136 valence electrons. The zero-order valence-electron chi connectivity index (χ0n) is 14.9. The van der Waals surface area contributed by atoms with Crippen molar-refractivity contribution in [3.05, 3.63) is 35.8 Å². The van der Waals surface area contributed by atoms with Gasteiger partial charge in [0.1, 0.15) is 5.69 Å². The first-order valence-corrected chi connectivity index (χ1v) is 10.0. The largest absolute Gasteiger partial charge is 0.424 e. The van der Waals surface area contributed by atoms with Crippen LogP contribution < -0.4 is 0 Å². The molecule has 3 aliphatic carbocycles. The van der Waals surface area contributed by atoms with Crippen molar-refractivity contribution in [1.82, 2.24) is 19.7 Å². The highest BCUT2D eigenvalue weighted by Crippen LogP contribution is 2.51. The van der Waals surface area contributed by atoms with Crippen LogP contribution in [-0.2, 0) is 5.41 Å². The number of fused-ring (bicyclic) bond motifs is 1. The van der Waals surface area contributed by atoms with E-state index in [-0.39, 0.29) is 11.3 Å². The number of carbonyl (C=O) groups is 1. The first-order chi connectivity index (χ1) is 12.7. The Morgan fingerprint density at radius 3 is 2.88 bits per heavy atom. The fourth-order valence-electron chi connectivity index (χ4n) is 5.13. The van der Waals surface area contributed by atoms with Crippen LogP contribution in [0.3, 0.4) is 0 Å². The maximum atomic E-state index is 13.2. The second-order valence-corrected chi connectivity index (χ2v) is 8.68. The highest BCUT2D eigenvalue weighted by Gasteiger charge is 2.55. The molecule has 2 aromatic heterocycles. The third kappa shape index (κ3) is 2.14. The SMILES string of the molecule is O=C(c1cccn1C1CC1)N1C[C@@H]2CCC[C@]2(c2nnc(C3CC3)o2)C1. The van der Waals surface area contributed by atoms with Gasteiger partial charge in [0.15, 0.2) is 0 Å². The number of amides is 1. The molecule has 6 nitrogen and oxygen atoms in total. The smallest absolute Gasteiger partial charge is 0.270 e. The summed E-state index contributed by atoms with van der Waals surface area (Å²) in [5.41, 5.74) is 0.721. The van der Waals surface area contributed by atoms with Crippen molar-refractivity contribution < 1.29 is 9.21 Å². The minimum atomic E-state index is -0.118. The second-order valence-electron chi connectivity index (χ2n) is 8.68. The van der Waals surface area contributed by atoms with Gasteiger partial charge in [-0.15, -0.1) is 10.2 Å². The molecular weight excluding hydrogens is 328 g/mol. The Labute approximate surface area is 152 Å². The number of carbonyl (C=O) groups excluding carboxylic acids is 1. The molecule has 6 heteroatoms. The summed E-state index contributed by atoms with van der Waals surface area (Å²) in [7, 11) is 0. The first kappa shape index (κ1) is 15.0. The van der Waals surface area contributed by atoms with Crippen LogP contribution in [0.1, 0.15) is 79.2 Å². The Morgan fingerprint density at radius 1 is 1.19 bits per heavy atom. The Kier molecular flexibility index (Phi) is 3.00. The van der Waals surface area contributed by atoms with Crippen molar-refractivity contribution in [3.8, 4) is 0 Å². The van der Waals surface area contributed by atoms with E-state index in [9.17, 15) is 4.79 Å². The van der Waals surface area contributed by atoms with Gasteiger partial charge in [0.25, 0.3) is 5.91 Å². The maximum absolute atomic E-state index is 13.2. The van der Waals surface area contributed by atoms with E-state index < -0.39 is 0 Å². The predicted molar refractivity (Wildman–Crippen MR) is 93.9 cm³/mol. The molecule has 4 aliphatic rings. The molecule has 0 unspecified atom stereocenters. The van der Waals surface area contributed by atoms with Crippen LogP contribution in [0.2, 0.25) is 0 Å². The third-order valence-electron chi connectivity index (χ3n) is 6.89. The molecule has 0 spiro atoms. The van der Waals surface area contributed by atoms with Gasteiger partial charge < -0.3 is 13.9 Å². The lowest BCUT2D eigenvalue weighted by Gasteiger charge is -2.24. The van der Waals surface area contributed by atoms with E-state index in [2.05, 4.69) is 21.0 Å². The molecule has 1 aliphatic heterocycles. The van der Waals surface area contributed by atoms with E-state index in [1.54, 1.807) is 0 Å². The van der Waals surface area contributed by atoms with Gasteiger partial charge in [0, 0.05) is 31.2 Å². The Bertz CT molecular complexity index is 863. The van der Waals surface area contributed by atoms with E-state index in [4.69, 9.17) is 4.42 Å². The van der Waals surface area contributed by atoms with Gasteiger partial charge >= 0.3 is 0 Å². The zero-order chi connectivity index (χ0) is 17.3. The summed E-state index contributed by atoms with van der Waals surface area (Å²) in [6, 6.07) is 4.49.